The van der Waals surface area contributed by atoms with Crippen molar-refractivity contribution in [2.24, 2.45) is 5.10 Å². The summed E-state index contributed by atoms with van der Waals surface area (Å²) in [5.74, 6) is -0.146. The molecule has 4 heteroatoms. The van der Waals surface area contributed by atoms with E-state index in [1.54, 1.807) is 0 Å². The largest absolute Gasteiger partial charge is 0.378 e. The Morgan fingerprint density at radius 3 is 2.29 bits per heavy atom. The molecule has 1 aromatic carbocycles. The van der Waals surface area contributed by atoms with E-state index >= 15 is 0 Å². The van der Waals surface area contributed by atoms with Crippen molar-refractivity contribution in [3.63, 3.8) is 0 Å². The van der Waals surface area contributed by atoms with Crippen LogP contribution in [0, 0.1) is 0 Å². The molecule has 0 aromatic heterocycles. The van der Waals surface area contributed by atoms with Gasteiger partial charge in [-0.2, -0.15) is 5.10 Å². The standard InChI is InChI=1S/C13H19N3O/c1-10(14-15-11(2)17)9-12-5-7-13(8-6-12)16(3)4/h5-8H,9H2,1-4H3,(H,15,17)/b14-10-. The Kier molecular flexibility index (Phi) is 4.69. The van der Waals surface area contributed by atoms with Crippen LogP contribution in [0.2, 0.25) is 0 Å². The fourth-order valence-electron chi connectivity index (χ4n) is 1.42. The summed E-state index contributed by atoms with van der Waals surface area (Å²) in [7, 11) is 4.02. The van der Waals surface area contributed by atoms with Crippen molar-refractivity contribution < 1.29 is 4.79 Å². The zero-order valence-electron chi connectivity index (χ0n) is 10.8. The summed E-state index contributed by atoms with van der Waals surface area (Å²) in [5.41, 5.74) is 5.68. The molecule has 0 aliphatic carbocycles. The molecule has 0 aliphatic rings. The highest BCUT2D eigenvalue weighted by atomic mass is 16.2. The average Bonchev–Trinajstić information content (AvgIpc) is 2.27. The molecule has 1 aromatic rings. The Morgan fingerprint density at radius 2 is 1.82 bits per heavy atom. The van der Waals surface area contributed by atoms with E-state index in [1.807, 2.05) is 21.0 Å². The minimum Gasteiger partial charge on any atom is -0.378 e. The quantitative estimate of drug-likeness (QED) is 0.636. The highest BCUT2D eigenvalue weighted by molar-refractivity contribution is 5.85. The maximum absolute atomic E-state index is 10.7. The fourth-order valence-corrected chi connectivity index (χ4v) is 1.42. The van der Waals surface area contributed by atoms with Crippen LogP contribution in [0.3, 0.4) is 0 Å². The third kappa shape index (κ3) is 4.68. The Balaban J connectivity index is 2.63. The number of anilines is 1. The predicted molar refractivity (Wildman–Crippen MR) is 71.4 cm³/mol. The molecule has 0 radical (unpaired) electrons. The van der Waals surface area contributed by atoms with Crippen LogP contribution in [0.15, 0.2) is 29.4 Å². The van der Waals surface area contributed by atoms with E-state index in [1.165, 1.54) is 18.2 Å². The van der Waals surface area contributed by atoms with Gasteiger partial charge in [0.2, 0.25) is 5.91 Å². The number of rotatable bonds is 4. The minimum atomic E-state index is -0.146. The maximum atomic E-state index is 10.7. The normalized spacial score (nSPS) is 11.2. The maximum Gasteiger partial charge on any atom is 0.236 e. The van der Waals surface area contributed by atoms with Gasteiger partial charge in [-0.25, -0.2) is 5.43 Å². The molecule has 0 aliphatic heterocycles. The highest BCUT2D eigenvalue weighted by Crippen LogP contribution is 2.12. The lowest BCUT2D eigenvalue weighted by Gasteiger charge is -2.12. The van der Waals surface area contributed by atoms with Crippen LogP contribution in [-0.4, -0.2) is 25.7 Å². The van der Waals surface area contributed by atoms with Gasteiger partial charge in [0.1, 0.15) is 0 Å². The lowest BCUT2D eigenvalue weighted by Crippen LogP contribution is -2.15. The smallest absolute Gasteiger partial charge is 0.236 e. The van der Waals surface area contributed by atoms with E-state index in [9.17, 15) is 4.79 Å². The summed E-state index contributed by atoms with van der Waals surface area (Å²) in [6.45, 7) is 3.35. The van der Waals surface area contributed by atoms with Crippen molar-refractivity contribution in [3.05, 3.63) is 29.8 Å². The number of nitrogens with one attached hydrogen (secondary N) is 1. The van der Waals surface area contributed by atoms with Crippen LogP contribution in [0.1, 0.15) is 19.4 Å². The first-order chi connectivity index (χ1) is 7.99. The van der Waals surface area contributed by atoms with E-state index in [4.69, 9.17) is 0 Å². The summed E-state index contributed by atoms with van der Waals surface area (Å²) in [6.07, 6.45) is 0.744. The summed E-state index contributed by atoms with van der Waals surface area (Å²) in [4.78, 5) is 12.8. The predicted octanol–water partition coefficient (Wildman–Crippen LogP) is 1.81. The van der Waals surface area contributed by atoms with Crippen LogP contribution in [0.5, 0.6) is 0 Å². The van der Waals surface area contributed by atoms with Gasteiger partial charge in [0.15, 0.2) is 0 Å². The molecule has 0 spiro atoms. The summed E-state index contributed by atoms with van der Waals surface area (Å²) < 4.78 is 0. The van der Waals surface area contributed by atoms with Crippen LogP contribution in [-0.2, 0) is 11.2 Å². The van der Waals surface area contributed by atoms with Crippen molar-refractivity contribution in [1.29, 1.82) is 0 Å². The number of hydrogen-bond donors (Lipinski definition) is 1. The average molecular weight is 233 g/mol. The van der Waals surface area contributed by atoms with Gasteiger partial charge in [-0.3, -0.25) is 4.79 Å². The SMILES string of the molecule is CC(=O)N/N=C(/C)Cc1ccc(N(C)C)cc1. The fraction of sp³-hybridized carbons (Fsp3) is 0.385. The lowest BCUT2D eigenvalue weighted by atomic mass is 10.1. The van der Waals surface area contributed by atoms with Crippen molar-refractivity contribution >= 4 is 17.3 Å². The molecule has 0 saturated heterocycles. The Labute approximate surface area is 102 Å². The number of amides is 1. The minimum absolute atomic E-state index is 0.146. The first kappa shape index (κ1) is 13.2. The Hall–Kier alpha value is -1.84. The summed E-state index contributed by atoms with van der Waals surface area (Å²) >= 11 is 0. The molecule has 1 N–H and O–H groups in total. The zero-order chi connectivity index (χ0) is 12.8. The van der Waals surface area contributed by atoms with Gasteiger partial charge in [0.25, 0.3) is 0 Å². The van der Waals surface area contributed by atoms with E-state index in [0.717, 1.165) is 12.1 Å². The molecule has 0 bridgehead atoms. The molecular weight excluding hydrogens is 214 g/mol. The second kappa shape index (κ2) is 6.03. The first-order valence-electron chi connectivity index (χ1n) is 5.55. The second-order valence-corrected chi connectivity index (χ2v) is 4.25. The summed E-state index contributed by atoms with van der Waals surface area (Å²) in [6, 6.07) is 8.28. The highest BCUT2D eigenvalue weighted by Gasteiger charge is 1.99. The molecule has 0 unspecified atom stereocenters. The van der Waals surface area contributed by atoms with E-state index in [2.05, 4.69) is 39.7 Å². The number of nitrogens with zero attached hydrogens (tertiary/aromatic N) is 2. The third-order valence-corrected chi connectivity index (χ3v) is 2.32. The van der Waals surface area contributed by atoms with Gasteiger partial charge >= 0.3 is 0 Å². The molecule has 0 atom stereocenters. The number of carbonyl (C=O) groups is 1. The topological polar surface area (TPSA) is 44.7 Å². The van der Waals surface area contributed by atoms with Crippen LogP contribution < -0.4 is 10.3 Å². The molecule has 4 nitrogen and oxygen atoms in total. The van der Waals surface area contributed by atoms with Gasteiger partial charge < -0.3 is 4.90 Å². The molecule has 0 saturated carbocycles. The van der Waals surface area contributed by atoms with Crippen molar-refractivity contribution in [1.82, 2.24) is 5.43 Å². The van der Waals surface area contributed by atoms with Crippen molar-refractivity contribution in [2.75, 3.05) is 19.0 Å². The van der Waals surface area contributed by atoms with Crippen LogP contribution in [0.25, 0.3) is 0 Å². The number of benzene rings is 1. The van der Waals surface area contributed by atoms with E-state index in [-0.39, 0.29) is 5.91 Å². The van der Waals surface area contributed by atoms with E-state index in [0.29, 0.717) is 0 Å². The number of carbonyl (C=O) groups excluding carboxylic acids is 1. The molecule has 1 amide bonds. The number of hydrazone groups is 1. The zero-order valence-corrected chi connectivity index (χ0v) is 10.8. The molecular formula is C13H19N3O. The summed E-state index contributed by atoms with van der Waals surface area (Å²) in [5, 5.41) is 3.98. The van der Waals surface area contributed by atoms with Gasteiger partial charge in [0, 0.05) is 38.8 Å². The van der Waals surface area contributed by atoms with Crippen LogP contribution in [0.4, 0.5) is 5.69 Å². The van der Waals surface area contributed by atoms with E-state index < -0.39 is 0 Å². The Bertz CT molecular complexity index is 407. The molecule has 0 heterocycles. The third-order valence-electron chi connectivity index (χ3n) is 2.32. The molecule has 92 valence electrons. The monoisotopic (exact) mass is 233 g/mol. The van der Waals surface area contributed by atoms with Gasteiger partial charge in [-0.15, -0.1) is 0 Å². The van der Waals surface area contributed by atoms with Gasteiger partial charge in [-0.1, -0.05) is 12.1 Å². The van der Waals surface area contributed by atoms with Crippen molar-refractivity contribution in [3.8, 4) is 0 Å². The molecule has 0 fully saturated rings. The number of hydrogen-bond acceptors (Lipinski definition) is 3. The Morgan fingerprint density at radius 1 is 1.24 bits per heavy atom. The van der Waals surface area contributed by atoms with Crippen molar-refractivity contribution in [2.45, 2.75) is 20.3 Å². The second-order valence-electron chi connectivity index (χ2n) is 4.25. The molecule has 17 heavy (non-hydrogen) atoms. The van der Waals surface area contributed by atoms with Gasteiger partial charge in [0.05, 0.1) is 0 Å². The lowest BCUT2D eigenvalue weighted by molar-refractivity contribution is -0.118. The van der Waals surface area contributed by atoms with Crippen LogP contribution >= 0.6 is 0 Å². The molecule has 1 rings (SSSR count). The first-order valence-corrected chi connectivity index (χ1v) is 5.55. The van der Waals surface area contributed by atoms with Gasteiger partial charge in [-0.05, 0) is 24.6 Å².